The molecule has 0 aromatic carbocycles. The van der Waals surface area contributed by atoms with Crippen LogP contribution in [0.4, 0.5) is 0 Å². The molecule has 52 valence electrons. The first-order valence-corrected chi connectivity index (χ1v) is 3.61. The van der Waals surface area contributed by atoms with E-state index in [1.54, 1.807) is 6.34 Å². The van der Waals surface area contributed by atoms with Crippen LogP contribution in [0.3, 0.4) is 0 Å². The number of allylic oxidation sites excluding steroid dienone is 2. The van der Waals surface area contributed by atoms with Crippen LogP contribution in [0.2, 0.25) is 0 Å². The molecule has 0 saturated carbocycles. The van der Waals surface area contributed by atoms with E-state index in [0.29, 0.717) is 0 Å². The lowest BCUT2D eigenvalue weighted by Crippen LogP contribution is -2.20. The summed E-state index contributed by atoms with van der Waals surface area (Å²) >= 11 is 0. The molecule has 2 heteroatoms. The van der Waals surface area contributed by atoms with E-state index in [-0.39, 0.29) is 0 Å². The molecular formula is C8H10N2. The van der Waals surface area contributed by atoms with Gasteiger partial charge in [0.1, 0.15) is 0 Å². The molecule has 2 nitrogen and oxygen atoms in total. The number of rotatable bonds is 0. The highest BCUT2D eigenvalue weighted by Gasteiger charge is 2.08. The molecule has 0 fully saturated rings. The zero-order valence-electron chi connectivity index (χ0n) is 5.80. The van der Waals surface area contributed by atoms with Crippen molar-refractivity contribution >= 4 is 6.34 Å². The van der Waals surface area contributed by atoms with Crippen molar-refractivity contribution in [2.24, 2.45) is 4.99 Å². The zero-order chi connectivity index (χ0) is 6.81. The summed E-state index contributed by atoms with van der Waals surface area (Å²) in [5.74, 6) is 0. The molecule has 0 spiro atoms. The molecule has 0 saturated heterocycles. The summed E-state index contributed by atoms with van der Waals surface area (Å²) in [6, 6.07) is 0. The SMILES string of the molecule is C1=NCC2=CCCC=C2N1. The lowest BCUT2D eigenvalue weighted by Gasteiger charge is -2.17. The van der Waals surface area contributed by atoms with E-state index in [4.69, 9.17) is 0 Å². The second kappa shape index (κ2) is 2.29. The van der Waals surface area contributed by atoms with Crippen molar-refractivity contribution in [2.75, 3.05) is 6.54 Å². The summed E-state index contributed by atoms with van der Waals surface area (Å²) in [5, 5.41) is 3.12. The maximum Gasteiger partial charge on any atom is 0.0872 e. The minimum Gasteiger partial charge on any atom is -0.347 e. The summed E-state index contributed by atoms with van der Waals surface area (Å²) in [6.45, 7) is 0.860. The lowest BCUT2D eigenvalue weighted by atomic mass is 10.0. The van der Waals surface area contributed by atoms with Crippen LogP contribution < -0.4 is 5.32 Å². The first-order valence-electron chi connectivity index (χ1n) is 3.61. The van der Waals surface area contributed by atoms with Crippen molar-refractivity contribution < 1.29 is 0 Å². The summed E-state index contributed by atoms with van der Waals surface area (Å²) < 4.78 is 0. The van der Waals surface area contributed by atoms with Gasteiger partial charge in [-0.05, 0) is 18.4 Å². The molecule has 0 aromatic rings. The Kier molecular flexibility index (Phi) is 1.31. The van der Waals surface area contributed by atoms with Gasteiger partial charge in [0.2, 0.25) is 0 Å². The highest BCUT2D eigenvalue weighted by atomic mass is 15.0. The van der Waals surface area contributed by atoms with E-state index in [2.05, 4.69) is 22.5 Å². The quantitative estimate of drug-likeness (QED) is 0.529. The van der Waals surface area contributed by atoms with Gasteiger partial charge in [0.15, 0.2) is 0 Å². The average Bonchev–Trinajstić information content (AvgIpc) is 2.05. The first kappa shape index (κ1) is 5.71. The zero-order valence-corrected chi connectivity index (χ0v) is 5.80. The van der Waals surface area contributed by atoms with E-state index < -0.39 is 0 Å². The minimum absolute atomic E-state index is 0.860. The van der Waals surface area contributed by atoms with Crippen molar-refractivity contribution in [3.63, 3.8) is 0 Å². The maximum atomic E-state index is 4.12. The predicted octanol–water partition coefficient (Wildman–Crippen LogP) is 1.22. The van der Waals surface area contributed by atoms with E-state index in [9.17, 15) is 0 Å². The van der Waals surface area contributed by atoms with Gasteiger partial charge < -0.3 is 5.32 Å². The molecule has 0 aromatic heterocycles. The number of nitrogens with one attached hydrogen (secondary N) is 1. The van der Waals surface area contributed by atoms with Gasteiger partial charge in [-0.15, -0.1) is 0 Å². The molecule has 2 rings (SSSR count). The molecule has 0 radical (unpaired) electrons. The van der Waals surface area contributed by atoms with Crippen molar-refractivity contribution in [2.45, 2.75) is 12.8 Å². The Labute approximate surface area is 60.3 Å². The number of fused-ring (bicyclic) bond motifs is 1. The standard InChI is InChI=1S/C8H10N2/c1-2-4-8-7(3-1)5-9-6-10-8/h3-4,6H,1-2,5H2,(H,9,10). The van der Waals surface area contributed by atoms with Crippen LogP contribution in [0.5, 0.6) is 0 Å². The van der Waals surface area contributed by atoms with Crippen LogP contribution in [0.25, 0.3) is 0 Å². The first-order chi connectivity index (χ1) is 4.97. The second-order valence-electron chi connectivity index (χ2n) is 2.54. The van der Waals surface area contributed by atoms with Gasteiger partial charge in [0.25, 0.3) is 0 Å². The third kappa shape index (κ3) is 0.856. The Morgan fingerprint density at radius 2 is 2.20 bits per heavy atom. The number of hydrogen-bond acceptors (Lipinski definition) is 2. The van der Waals surface area contributed by atoms with Crippen LogP contribution in [0.15, 0.2) is 28.4 Å². The van der Waals surface area contributed by atoms with E-state index >= 15 is 0 Å². The Balaban J connectivity index is 2.30. The van der Waals surface area contributed by atoms with Crippen LogP contribution in [0, 0.1) is 0 Å². The van der Waals surface area contributed by atoms with E-state index in [0.717, 1.165) is 6.54 Å². The molecule has 10 heavy (non-hydrogen) atoms. The Hall–Kier alpha value is -1.05. The topological polar surface area (TPSA) is 24.4 Å². The highest BCUT2D eigenvalue weighted by molar-refractivity contribution is 5.63. The normalized spacial score (nSPS) is 22.4. The van der Waals surface area contributed by atoms with Crippen molar-refractivity contribution in [3.8, 4) is 0 Å². The largest absolute Gasteiger partial charge is 0.347 e. The van der Waals surface area contributed by atoms with E-state index in [1.807, 2.05) is 0 Å². The molecule has 1 N–H and O–H groups in total. The van der Waals surface area contributed by atoms with Crippen molar-refractivity contribution in [1.29, 1.82) is 0 Å². The average molecular weight is 134 g/mol. The van der Waals surface area contributed by atoms with Crippen LogP contribution in [-0.4, -0.2) is 12.9 Å². The van der Waals surface area contributed by atoms with Gasteiger partial charge in [0, 0.05) is 5.70 Å². The number of nitrogens with zero attached hydrogens (tertiary/aromatic N) is 1. The molecular weight excluding hydrogens is 124 g/mol. The van der Waals surface area contributed by atoms with Gasteiger partial charge in [-0.3, -0.25) is 4.99 Å². The number of hydrogen-bond donors (Lipinski definition) is 1. The minimum atomic E-state index is 0.860. The van der Waals surface area contributed by atoms with Gasteiger partial charge in [-0.2, -0.15) is 0 Å². The van der Waals surface area contributed by atoms with Crippen LogP contribution in [0.1, 0.15) is 12.8 Å². The smallest absolute Gasteiger partial charge is 0.0872 e. The predicted molar refractivity (Wildman–Crippen MR) is 41.9 cm³/mol. The third-order valence-corrected chi connectivity index (χ3v) is 1.82. The summed E-state index contributed by atoms with van der Waals surface area (Å²) in [7, 11) is 0. The van der Waals surface area contributed by atoms with Crippen LogP contribution >= 0.6 is 0 Å². The van der Waals surface area contributed by atoms with Gasteiger partial charge in [-0.25, -0.2) is 0 Å². The summed E-state index contributed by atoms with van der Waals surface area (Å²) in [6.07, 6.45) is 8.61. The number of aliphatic imine (C=N–C) groups is 1. The highest BCUT2D eigenvalue weighted by Crippen LogP contribution is 2.17. The fraction of sp³-hybridized carbons (Fsp3) is 0.375. The molecule has 0 atom stereocenters. The van der Waals surface area contributed by atoms with Crippen LogP contribution in [-0.2, 0) is 0 Å². The maximum absolute atomic E-state index is 4.12. The van der Waals surface area contributed by atoms with Gasteiger partial charge >= 0.3 is 0 Å². The molecule has 1 heterocycles. The summed E-state index contributed by atoms with van der Waals surface area (Å²) in [4.78, 5) is 4.12. The fourth-order valence-electron chi connectivity index (χ4n) is 1.29. The molecule has 1 aliphatic carbocycles. The summed E-state index contributed by atoms with van der Waals surface area (Å²) in [5.41, 5.74) is 2.62. The lowest BCUT2D eigenvalue weighted by molar-refractivity contribution is 0.908. The molecule has 2 aliphatic rings. The molecule has 0 unspecified atom stereocenters. The monoisotopic (exact) mass is 134 g/mol. The second-order valence-corrected chi connectivity index (χ2v) is 2.54. The van der Waals surface area contributed by atoms with Crippen molar-refractivity contribution in [1.82, 2.24) is 5.32 Å². The Bertz CT molecular complexity index is 199. The van der Waals surface area contributed by atoms with Crippen molar-refractivity contribution in [3.05, 3.63) is 23.4 Å². The molecule has 0 bridgehead atoms. The van der Waals surface area contributed by atoms with Gasteiger partial charge in [-0.1, -0.05) is 12.2 Å². The fourth-order valence-corrected chi connectivity index (χ4v) is 1.29. The molecule has 0 amide bonds. The Morgan fingerprint density at radius 1 is 1.30 bits per heavy atom. The van der Waals surface area contributed by atoms with Gasteiger partial charge in [0.05, 0.1) is 12.9 Å². The third-order valence-electron chi connectivity index (χ3n) is 1.82. The van der Waals surface area contributed by atoms with E-state index in [1.165, 1.54) is 24.1 Å². The Morgan fingerprint density at radius 3 is 3.10 bits per heavy atom. The molecule has 1 aliphatic heterocycles.